The van der Waals surface area contributed by atoms with Gasteiger partial charge in [0.25, 0.3) is 0 Å². The summed E-state index contributed by atoms with van der Waals surface area (Å²) in [6.45, 7) is 1.91. The van der Waals surface area contributed by atoms with Gasteiger partial charge in [0.1, 0.15) is 0 Å². The fourth-order valence-electron chi connectivity index (χ4n) is 2.98. The summed E-state index contributed by atoms with van der Waals surface area (Å²) in [6.07, 6.45) is 3.79. The summed E-state index contributed by atoms with van der Waals surface area (Å²) in [5, 5.41) is 22.6. The maximum absolute atomic E-state index is 12.1. The first-order valence-corrected chi connectivity index (χ1v) is 7.69. The number of amides is 1. The Morgan fingerprint density at radius 1 is 1.24 bits per heavy atom. The largest absolute Gasteiger partial charge is 0.396 e. The number of carbonyl (C=O) groups is 1. The van der Waals surface area contributed by atoms with Crippen LogP contribution in [0, 0.1) is 5.92 Å². The second kappa shape index (κ2) is 7.05. The zero-order chi connectivity index (χ0) is 15.3. The van der Waals surface area contributed by atoms with Crippen LogP contribution < -0.4 is 5.32 Å². The van der Waals surface area contributed by atoms with Gasteiger partial charge >= 0.3 is 0 Å². The van der Waals surface area contributed by atoms with Gasteiger partial charge in [-0.3, -0.25) is 4.79 Å². The highest BCUT2D eigenvalue weighted by atomic mass is 16.3. The van der Waals surface area contributed by atoms with Gasteiger partial charge in [0.2, 0.25) is 5.91 Å². The van der Waals surface area contributed by atoms with E-state index in [-0.39, 0.29) is 25.0 Å². The van der Waals surface area contributed by atoms with Crippen molar-refractivity contribution in [1.29, 1.82) is 0 Å². The lowest BCUT2D eigenvalue weighted by Crippen LogP contribution is -2.41. The van der Waals surface area contributed by atoms with Crippen LogP contribution in [0.1, 0.15) is 44.6 Å². The van der Waals surface area contributed by atoms with E-state index in [1.165, 1.54) is 0 Å². The molecule has 1 aromatic carbocycles. The Hall–Kier alpha value is -1.39. The molecule has 1 aromatic rings. The Labute approximate surface area is 126 Å². The van der Waals surface area contributed by atoms with E-state index in [9.17, 15) is 9.90 Å². The lowest BCUT2D eigenvalue weighted by molar-refractivity contribution is -0.126. The summed E-state index contributed by atoms with van der Waals surface area (Å²) in [4.78, 5) is 12.1. The Balaban J connectivity index is 1.84. The third-order valence-corrected chi connectivity index (χ3v) is 4.37. The molecule has 4 nitrogen and oxygen atoms in total. The number of hydrogen-bond acceptors (Lipinski definition) is 3. The first-order valence-electron chi connectivity index (χ1n) is 7.69. The third-order valence-electron chi connectivity index (χ3n) is 4.37. The monoisotopic (exact) mass is 291 g/mol. The standard InChI is InChI=1S/C17H25NO3/c1-17(21,14-5-3-2-4-6-14)11-16(20)18-15-9-7-13(12-19)8-10-15/h2-6,13,15,19,21H,7-12H2,1H3,(H,18,20). The molecule has 1 atom stereocenters. The molecule has 0 radical (unpaired) electrons. The van der Waals surface area contributed by atoms with Crippen LogP contribution in [-0.2, 0) is 10.4 Å². The molecule has 0 bridgehead atoms. The molecule has 21 heavy (non-hydrogen) atoms. The molecule has 1 amide bonds. The minimum Gasteiger partial charge on any atom is -0.396 e. The summed E-state index contributed by atoms with van der Waals surface area (Å²) in [5.74, 6) is 0.266. The van der Waals surface area contributed by atoms with Crippen molar-refractivity contribution in [2.24, 2.45) is 5.92 Å². The van der Waals surface area contributed by atoms with Crippen LogP contribution in [0.25, 0.3) is 0 Å². The van der Waals surface area contributed by atoms with E-state index in [0.717, 1.165) is 31.2 Å². The molecule has 0 spiro atoms. The van der Waals surface area contributed by atoms with Crippen LogP contribution in [0.5, 0.6) is 0 Å². The average Bonchev–Trinajstić information content (AvgIpc) is 2.48. The third kappa shape index (κ3) is 4.55. The number of benzene rings is 1. The zero-order valence-electron chi connectivity index (χ0n) is 12.6. The minimum absolute atomic E-state index is 0.0664. The molecule has 1 unspecified atom stereocenters. The number of carbonyl (C=O) groups excluding carboxylic acids is 1. The lowest BCUT2D eigenvalue weighted by Gasteiger charge is -2.29. The highest BCUT2D eigenvalue weighted by Crippen LogP contribution is 2.26. The summed E-state index contributed by atoms with van der Waals surface area (Å²) in [6, 6.07) is 9.45. The number of nitrogens with one attached hydrogen (secondary N) is 1. The fraction of sp³-hybridized carbons (Fsp3) is 0.588. The molecule has 1 aliphatic carbocycles. The number of hydrogen-bond donors (Lipinski definition) is 3. The van der Waals surface area contributed by atoms with Crippen molar-refractivity contribution in [3.05, 3.63) is 35.9 Å². The van der Waals surface area contributed by atoms with Crippen molar-refractivity contribution >= 4 is 5.91 Å². The first-order chi connectivity index (χ1) is 10.0. The Morgan fingerprint density at radius 3 is 2.43 bits per heavy atom. The van der Waals surface area contributed by atoms with Crippen LogP contribution in [0.2, 0.25) is 0 Å². The normalized spacial score (nSPS) is 25.1. The maximum Gasteiger partial charge on any atom is 0.223 e. The Kier molecular flexibility index (Phi) is 5.37. The summed E-state index contributed by atoms with van der Waals surface area (Å²) in [7, 11) is 0. The first kappa shape index (κ1) is 16.0. The maximum atomic E-state index is 12.1. The average molecular weight is 291 g/mol. The Bertz CT molecular complexity index is 450. The van der Waals surface area contributed by atoms with E-state index < -0.39 is 5.60 Å². The van der Waals surface area contributed by atoms with Crippen LogP contribution >= 0.6 is 0 Å². The van der Waals surface area contributed by atoms with Crippen molar-refractivity contribution in [3.8, 4) is 0 Å². The molecule has 0 aromatic heterocycles. The van der Waals surface area contributed by atoms with E-state index in [1.54, 1.807) is 6.92 Å². The van der Waals surface area contributed by atoms with E-state index in [4.69, 9.17) is 5.11 Å². The summed E-state index contributed by atoms with van der Waals surface area (Å²) >= 11 is 0. The van der Waals surface area contributed by atoms with Gasteiger partial charge in [0, 0.05) is 12.6 Å². The molecule has 4 heteroatoms. The van der Waals surface area contributed by atoms with E-state index >= 15 is 0 Å². The molecular weight excluding hydrogens is 266 g/mol. The van der Waals surface area contributed by atoms with Crippen molar-refractivity contribution < 1.29 is 15.0 Å². The van der Waals surface area contributed by atoms with Crippen molar-refractivity contribution in [2.75, 3.05) is 6.61 Å². The second-order valence-electron chi connectivity index (χ2n) is 6.28. The Morgan fingerprint density at radius 2 is 1.86 bits per heavy atom. The van der Waals surface area contributed by atoms with Crippen molar-refractivity contribution in [1.82, 2.24) is 5.32 Å². The quantitative estimate of drug-likeness (QED) is 0.776. The molecule has 3 N–H and O–H groups in total. The molecule has 0 aliphatic heterocycles. The van der Waals surface area contributed by atoms with Crippen molar-refractivity contribution in [2.45, 2.75) is 50.7 Å². The highest BCUT2D eigenvalue weighted by molar-refractivity contribution is 5.77. The number of rotatable bonds is 5. The lowest BCUT2D eigenvalue weighted by atomic mass is 9.86. The molecule has 1 saturated carbocycles. The molecule has 116 valence electrons. The summed E-state index contributed by atoms with van der Waals surface area (Å²) < 4.78 is 0. The number of aliphatic hydroxyl groups excluding tert-OH is 1. The fourth-order valence-corrected chi connectivity index (χ4v) is 2.98. The molecule has 1 aliphatic rings. The smallest absolute Gasteiger partial charge is 0.223 e. The van der Waals surface area contributed by atoms with Gasteiger partial charge in [-0.25, -0.2) is 0 Å². The predicted molar refractivity (Wildman–Crippen MR) is 81.6 cm³/mol. The van der Waals surface area contributed by atoms with E-state index in [1.807, 2.05) is 30.3 Å². The van der Waals surface area contributed by atoms with Gasteiger partial charge in [-0.2, -0.15) is 0 Å². The number of aliphatic hydroxyl groups is 2. The zero-order valence-corrected chi connectivity index (χ0v) is 12.6. The molecule has 2 rings (SSSR count). The molecular formula is C17H25NO3. The van der Waals surface area contributed by atoms with E-state index in [0.29, 0.717) is 5.92 Å². The van der Waals surface area contributed by atoms with Gasteiger partial charge in [0.05, 0.1) is 12.0 Å². The minimum atomic E-state index is -1.15. The summed E-state index contributed by atoms with van der Waals surface area (Å²) in [5.41, 5.74) is -0.391. The predicted octanol–water partition coefficient (Wildman–Crippen LogP) is 1.95. The molecule has 0 saturated heterocycles. The van der Waals surface area contributed by atoms with Crippen LogP contribution in [0.4, 0.5) is 0 Å². The molecule has 1 fully saturated rings. The van der Waals surface area contributed by atoms with Crippen molar-refractivity contribution in [3.63, 3.8) is 0 Å². The van der Waals surface area contributed by atoms with Gasteiger partial charge in [-0.15, -0.1) is 0 Å². The highest BCUT2D eigenvalue weighted by Gasteiger charge is 2.28. The van der Waals surface area contributed by atoms with Gasteiger partial charge in [-0.1, -0.05) is 30.3 Å². The van der Waals surface area contributed by atoms with Crippen LogP contribution in [-0.4, -0.2) is 28.8 Å². The van der Waals surface area contributed by atoms with Gasteiger partial charge in [0.15, 0.2) is 0 Å². The topological polar surface area (TPSA) is 69.6 Å². The van der Waals surface area contributed by atoms with E-state index in [2.05, 4.69) is 5.32 Å². The van der Waals surface area contributed by atoms with Gasteiger partial charge in [-0.05, 0) is 44.1 Å². The van der Waals surface area contributed by atoms with Gasteiger partial charge < -0.3 is 15.5 Å². The van der Waals surface area contributed by atoms with Crippen LogP contribution in [0.3, 0.4) is 0 Å². The van der Waals surface area contributed by atoms with Crippen LogP contribution in [0.15, 0.2) is 30.3 Å². The molecule has 0 heterocycles. The SMILES string of the molecule is CC(O)(CC(=O)NC1CCC(CO)CC1)c1ccccc1. The second-order valence-corrected chi connectivity index (χ2v) is 6.28.